The maximum absolute atomic E-state index is 11.8. The minimum Gasteiger partial charge on any atom is -0.452 e. The zero-order valence-electron chi connectivity index (χ0n) is 13.3. The Morgan fingerprint density at radius 3 is 2.62 bits per heavy atom. The van der Waals surface area contributed by atoms with E-state index in [0.717, 1.165) is 17.5 Å². The normalized spacial score (nSPS) is 10.6. The first-order valence-electron chi connectivity index (χ1n) is 7.56. The number of esters is 1. The van der Waals surface area contributed by atoms with E-state index in [0.29, 0.717) is 10.7 Å². The number of ether oxygens (including phenoxy) is 1. The van der Waals surface area contributed by atoms with Crippen LogP contribution in [0.1, 0.15) is 18.1 Å². The number of carbonyl (C=O) groups is 2. The van der Waals surface area contributed by atoms with E-state index in [2.05, 4.69) is 5.32 Å². The molecule has 0 aromatic heterocycles. The molecule has 2 aromatic rings. The lowest BCUT2D eigenvalue weighted by Crippen LogP contribution is -2.20. The van der Waals surface area contributed by atoms with Crippen LogP contribution in [0.5, 0.6) is 0 Å². The Kier molecular flexibility index (Phi) is 6.58. The molecule has 0 atom stereocenters. The molecule has 0 saturated heterocycles. The largest absolute Gasteiger partial charge is 0.452 e. The van der Waals surface area contributed by atoms with Gasteiger partial charge in [-0.1, -0.05) is 42.8 Å². The van der Waals surface area contributed by atoms with Gasteiger partial charge in [0.15, 0.2) is 6.61 Å². The van der Waals surface area contributed by atoms with Crippen LogP contribution in [0.3, 0.4) is 0 Å². The van der Waals surface area contributed by atoms with Crippen molar-refractivity contribution in [1.29, 1.82) is 0 Å². The van der Waals surface area contributed by atoms with Crippen LogP contribution in [0.4, 0.5) is 5.69 Å². The molecule has 1 amide bonds. The summed E-state index contributed by atoms with van der Waals surface area (Å²) in [7, 11) is 0. The average Bonchev–Trinajstić information content (AvgIpc) is 2.59. The minimum absolute atomic E-state index is 0.333. The number of hydrogen-bond acceptors (Lipinski definition) is 3. The smallest absolute Gasteiger partial charge is 0.331 e. The summed E-state index contributed by atoms with van der Waals surface area (Å²) < 4.78 is 4.91. The Morgan fingerprint density at radius 2 is 1.92 bits per heavy atom. The van der Waals surface area contributed by atoms with E-state index >= 15 is 0 Å². The highest BCUT2D eigenvalue weighted by molar-refractivity contribution is 6.30. The molecule has 5 heteroatoms. The van der Waals surface area contributed by atoms with Crippen LogP contribution in [-0.4, -0.2) is 18.5 Å². The molecule has 2 aromatic carbocycles. The second kappa shape index (κ2) is 8.89. The van der Waals surface area contributed by atoms with Crippen LogP contribution >= 0.6 is 11.6 Å². The molecule has 0 bridgehead atoms. The standard InChI is InChI=1S/C19H18ClNO3/c1-2-14-4-3-5-17(12-14)21-18(22)13-24-19(23)11-8-15-6-9-16(20)10-7-15/h3-12H,2,13H2,1H3,(H,21,22)/b11-8+. The SMILES string of the molecule is CCc1cccc(NC(=O)COC(=O)/C=C/c2ccc(Cl)cc2)c1. The van der Waals surface area contributed by atoms with Crippen molar-refractivity contribution in [2.45, 2.75) is 13.3 Å². The number of carbonyl (C=O) groups excluding carboxylic acids is 2. The number of nitrogens with one attached hydrogen (secondary N) is 1. The molecule has 1 N–H and O–H groups in total. The van der Waals surface area contributed by atoms with Gasteiger partial charge in [-0.3, -0.25) is 4.79 Å². The average molecular weight is 344 g/mol. The summed E-state index contributed by atoms with van der Waals surface area (Å²) in [4.78, 5) is 23.4. The highest BCUT2D eigenvalue weighted by atomic mass is 35.5. The number of hydrogen-bond donors (Lipinski definition) is 1. The van der Waals surface area contributed by atoms with Crippen molar-refractivity contribution in [3.05, 3.63) is 70.8 Å². The summed E-state index contributed by atoms with van der Waals surface area (Å²) in [5.74, 6) is -0.959. The molecule has 0 unspecified atom stereocenters. The molecule has 0 saturated carbocycles. The van der Waals surface area contributed by atoms with Gasteiger partial charge in [-0.05, 0) is 47.9 Å². The maximum atomic E-state index is 11.8. The van der Waals surface area contributed by atoms with Gasteiger partial charge in [0.25, 0.3) is 5.91 Å². The second-order valence-corrected chi connectivity index (χ2v) is 5.53. The fourth-order valence-corrected chi connectivity index (χ4v) is 2.12. The lowest BCUT2D eigenvalue weighted by atomic mass is 10.1. The van der Waals surface area contributed by atoms with E-state index in [1.807, 2.05) is 25.1 Å². The van der Waals surface area contributed by atoms with E-state index < -0.39 is 5.97 Å². The van der Waals surface area contributed by atoms with Crippen LogP contribution < -0.4 is 5.32 Å². The Labute approximate surface area is 146 Å². The van der Waals surface area contributed by atoms with E-state index in [-0.39, 0.29) is 12.5 Å². The highest BCUT2D eigenvalue weighted by Gasteiger charge is 2.06. The topological polar surface area (TPSA) is 55.4 Å². The third kappa shape index (κ3) is 5.89. The van der Waals surface area contributed by atoms with Gasteiger partial charge >= 0.3 is 5.97 Å². The zero-order chi connectivity index (χ0) is 17.4. The van der Waals surface area contributed by atoms with Gasteiger partial charge in [-0.15, -0.1) is 0 Å². The Morgan fingerprint density at radius 1 is 1.17 bits per heavy atom. The van der Waals surface area contributed by atoms with Crippen LogP contribution in [0, 0.1) is 0 Å². The number of halogens is 1. The van der Waals surface area contributed by atoms with E-state index in [1.54, 1.807) is 36.4 Å². The third-order valence-electron chi connectivity index (χ3n) is 3.25. The van der Waals surface area contributed by atoms with Crippen molar-refractivity contribution in [2.75, 3.05) is 11.9 Å². The van der Waals surface area contributed by atoms with E-state index in [1.165, 1.54) is 6.08 Å². The van der Waals surface area contributed by atoms with Gasteiger partial charge in [-0.2, -0.15) is 0 Å². The lowest BCUT2D eigenvalue weighted by Gasteiger charge is -2.06. The molecule has 24 heavy (non-hydrogen) atoms. The number of amides is 1. The summed E-state index contributed by atoms with van der Waals surface area (Å²) >= 11 is 5.78. The fourth-order valence-electron chi connectivity index (χ4n) is 1.99. The Hall–Kier alpha value is -2.59. The van der Waals surface area contributed by atoms with Crippen LogP contribution in [0.2, 0.25) is 5.02 Å². The highest BCUT2D eigenvalue weighted by Crippen LogP contribution is 2.11. The van der Waals surface area contributed by atoms with E-state index in [9.17, 15) is 9.59 Å². The molecule has 0 radical (unpaired) electrons. The predicted octanol–water partition coefficient (Wildman–Crippen LogP) is 4.10. The number of anilines is 1. The number of rotatable bonds is 6. The molecule has 0 fully saturated rings. The van der Waals surface area contributed by atoms with Crippen LogP contribution in [-0.2, 0) is 20.7 Å². The first-order valence-corrected chi connectivity index (χ1v) is 7.94. The summed E-state index contributed by atoms with van der Waals surface area (Å²) in [5.41, 5.74) is 2.62. The summed E-state index contributed by atoms with van der Waals surface area (Å²) in [6.45, 7) is 1.70. The molecule has 0 aliphatic heterocycles. The van der Waals surface area contributed by atoms with Gasteiger partial charge in [0, 0.05) is 16.8 Å². The van der Waals surface area contributed by atoms with Crippen molar-refractivity contribution >= 4 is 35.2 Å². The van der Waals surface area contributed by atoms with Crippen molar-refractivity contribution in [1.82, 2.24) is 0 Å². The van der Waals surface area contributed by atoms with Crippen molar-refractivity contribution in [3.8, 4) is 0 Å². The lowest BCUT2D eigenvalue weighted by molar-refractivity contribution is -0.142. The zero-order valence-corrected chi connectivity index (χ0v) is 14.0. The van der Waals surface area contributed by atoms with Gasteiger partial charge in [0.1, 0.15) is 0 Å². The molecule has 124 valence electrons. The fraction of sp³-hybridized carbons (Fsp3) is 0.158. The van der Waals surface area contributed by atoms with Crippen molar-refractivity contribution in [3.63, 3.8) is 0 Å². The van der Waals surface area contributed by atoms with Crippen molar-refractivity contribution < 1.29 is 14.3 Å². The molecule has 4 nitrogen and oxygen atoms in total. The molecule has 0 aliphatic rings. The summed E-state index contributed by atoms with van der Waals surface area (Å²) in [6.07, 6.45) is 3.75. The summed E-state index contributed by atoms with van der Waals surface area (Å²) in [6, 6.07) is 14.5. The van der Waals surface area contributed by atoms with E-state index in [4.69, 9.17) is 16.3 Å². The molecule has 0 heterocycles. The third-order valence-corrected chi connectivity index (χ3v) is 3.50. The molecular weight excluding hydrogens is 326 g/mol. The maximum Gasteiger partial charge on any atom is 0.331 e. The van der Waals surface area contributed by atoms with Gasteiger partial charge < -0.3 is 10.1 Å². The number of benzene rings is 2. The molecule has 0 spiro atoms. The molecule has 2 rings (SSSR count). The molecule has 0 aliphatic carbocycles. The Bertz CT molecular complexity index is 739. The predicted molar refractivity (Wildman–Crippen MR) is 95.9 cm³/mol. The van der Waals surface area contributed by atoms with Crippen LogP contribution in [0.15, 0.2) is 54.6 Å². The van der Waals surface area contributed by atoms with Gasteiger partial charge in [0.2, 0.25) is 0 Å². The minimum atomic E-state index is -0.581. The monoisotopic (exact) mass is 343 g/mol. The molecular formula is C19H18ClNO3. The van der Waals surface area contributed by atoms with Gasteiger partial charge in [0.05, 0.1) is 0 Å². The number of aryl methyl sites for hydroxylation is 1. The van der Waals surface area contributed by atoms with Crippen LogP contribution in [0.25, 0.3) is 6.08 Å². The second-order valence-electron chi connectivity index (χ2n) is 5.09. The first-order chi connectivity index (χ1) is 11.6. The quantitative estimate of drug-likeness (QED) is 0.634. The van der Waals surface area contributed by atoms with Crippen molar-refractivity contribution in [2.24, 2.45) is 0 Å². The van der Waals surface area contributed by atoms with Gasteiger partial charge in [-0.25, -0.2) is 4.79 Å². The first kappa shape index (κ1) is 17.8. The summed E-state index contributed by atoms with van der Waals surface area (Å²) in [5, 5.41) is 3.32. The Balaban J connectivity index is 1.80.